The zero-order valence-electron chi connectivity index (χ0n) is 10.3. The Kier molecular flexibility index (Phi) is 4.15. The van der Waals surface area contributed by atoms with Crippen LogP contribution in [0.25, 0.3) is 0 Å². The van der Waals surface area contributed by atoms with Gasteiger partial charge in [-0.25, -0.2) is 9.97 Å². The van der Waals surface area contributed by atoms with E-state index < -0.39 is 0 Å². The summed E-state index contributed by atoms with van der Waals surface area (Å²) >= 11 is 3.39. The van der Waals surface area contributed by atoms with Crippen molar-refractivity contribution < 1.29 is 4.74 Å². The van der Waals surface area contributed by atoms with Crippen LogP contribution in [0.3, 0.4) is 0 Å². The van der Waals surface area contributed by atoms with E-state index >= 15 is 0 Å². The van der Waals surface area contributed by atoms with Gasteiger partial charge < -0.3 is 10.1 Å². The second-order valence-electron chi connectivity index (χ2n) is 3.76. The molecular weight excluding hydrogens is 294 g/mol. The van der Waals surface area contributed by atoms with Gasteiger partial charge in [-0.1, -0.05) is 12.1 Å². The van der Waals surface area contributed by atoms with E-state index in [2.05, 4.69) is 31.2 Å². The molecule has 0 aliphatic rings. The van der Waals surface area contributed by atoms with E-state index in [0.717, 1.165) is 27.4 Å². The summed E-state index contributed by atoms with van der Waals surface area (Å²) in [7, 11) is 3.50. The highest BCUT2D eigenvalue weighted by molar-refractivity contribution is 9.10. The van der Waals surface area contributed by atoms with Gasteiger partial charge in [0.2, 0.25) is 0 Å². The van der Waals surface area contributed by atoms with Crippen LogP contribution >= 0.6 is 15.9 Å². The average Bonchev–Trinajstić information content (AvgIpc) is 2.41. The van der Waals surface area contributed by atoms with Crippen LogP contribution in [0.1, 0.15) is 11.4 Å². The van der Waals surface area contributed by atoms with Crippen molar-refractivity contribution >= 4 is 21.7 Å². The monoisotopic (exact) mass is 307 g/mol. The van der Waals surface area contributed by atoms with Gasteiger partial charge >= 0.3 is 0 Å². The molecule has 18 heavy (non-hydrogen) atoms. The lowest BCUT2D eigenvalue weighted by molar-refractivity contribution is 0.414. The maximum Gasteiger partial charge on any atom is 0.143 e. The molecule has 1 N–H and O–H groups in total. The smallest absolute Gasteiger partial charge is 0.143 e. The van der Waals surface area contributed by atoms with Crippen molar-refractivity contribution in [3.63, 3.8) is 0 Å². The van der Waals surface area contributed by atoms with E-state index in [-0.39, 0.29) is 0 Å². The predicted octanol–water partition coefficient (Wildman–Crippen LogP) is 2.88. The fraction of sp³-hybridized carbons (Fsp3) is 0.231. The van der Waals surface area contributed by atoms with E-state index in [9.17, 15) is 0 Å². The van der Waals surface area contributed by atoms with Crippen molar-refractivity contribution in [2.45, 2.75) is 6.42 Å². The van der Waals surface area contributed by atoms with E-state index in [1.807, 2.05) is 31.3 Å². The van der Waals surface area contributed by atoms with Crippen LogP contribution in [0.4, 0.5) is 5.82 Å². The first-order valence-corrected chi connectivity index (χ1v) is 6.34. The van der Waals surface area contributed by atoms with Crippen LogP contribution < -0.4 is 10.1 Å². The van der Waals surface area contributed by atoms with Crippen molar-refractivity contribution in [2.75, 3.05) is 19.5 Å². The van der Waals surface area contributed by atoms with Gasteiger partial charge in [-0.3, -0.25) is 0 Å². The van der Waals surface area contributed by atoms with Gasteiger partial charge in [0.1, 0.15) is 17.4 Å². The number of nitrogens with one attached hydrogen (secondary N) is 1. The van der Waals surface area contributed by atoms with Gasteiger partial charge in [0, 0.05) is 19.7 Å². The van der Waals surface area contributed by atoms with Crippen LogP contribution in [-0.2, 0) is 6.42 Å². The normalized spacial score (nSPS) is 10.2. The second kappa shape index (κ2) is 5.82. The molecule has 0 unspecified atom stereocenters. The lowest BCUT2D eigenvalue weighted by Crippen LogP contribution is -2.01. The average molecular weight is 308 g/mol. The van der Waals surface area contributed by atoms with Crippen molar-refractivity contribution in [3.05, 3.63) is 46.3 Å². The summed E-state index contributed by atoms with van der Waals surface area (Å²) in [6.45, 7) is 0. The number of hydrogen-bond acceptors (Lipinski definition) is 4. The first-order chi connectivity index (χ1) is 8.72. The summed E-state index contributed by atoms with van der Waals surface area (Å²) < 4.78 is 6.06. The molecule has 1 heterocycles. The van der Waals surface area contributed by atoms with E-state index in [4.69, 9.17) is 4.74 Å². The van der Waals surface area contributed by atoms with E-state index in [0.29, 0.717) is 6.42 Å². The molecule has 0 aliphatic carbocycles. The van der Waals surface area contributed by atoms with Crippen molar-refractivity contribution in [1.29, 1.82) is 0 Å². The summed E-state index contributed by atoms with van der Waals surface area (Å²) in [5.41, 5.74) is 1.12. The Hall–Kier alpha value is -1.62. The Morgan fingerprint density at radius 3 is 2.94 bits per heavy atom. The molecule has 0 amide bonds. The number of aromatic nitrogens is 2. The molecule has 0 spiro atoms. The second-order valence-corrected chi connectivity index (χ2v) is 4.62. The standard InChI is InChI=1S/C13H14BrN3O/c1-15-13-11(14)8-16-12(17-13)7-9-4-3-5-10(6-9)18-2/h3-6,8H,7H2,1-2H3,(H,15,16,17). The largest absolute Gasteiger partial charge is 0.497 e. The van der Waals surface area contributed by atoms with Crippen LogP contribution in [0, 0.1) is 0 Å². The molecule has 4 nitrogen and oxygen atoms in total. The number of anilines is 1. The SMILES string of the molecule is CNc1nc(Cc2cccc(OC)c2)ncc1Br. The third kappa shape index (κ3) is 2.98. The number of ether oxygens (including phenoxy) is 1. The Balaban J connectivity index is 2.22. The van der Waals surface area contributed by atoms with Crippen LogP contribution in [0.15, 0.2) is 34.9 Å². The predicted molar refractivity (Wildman–Crippen MR) is 75.1 cm³/mol. The number of benzene rings is 1. The first kappa shape index (κ1) is 12.8. The van der Waals surface area contributed by atoms with Gasteiger partial charge in [-0.2, -0.15) is 0 Å². The molecule has 0 atom stereocenters. The fourth-order valence-corrected chi connectivity index (χ4v) is 2.02. The highest BCUT2D eigenvalue weighted by Crippen LogP contribution is 2.20. The maximum atomic E-state index is 5.20. The van der Waals surface area contributed by atoms with Crippen molar-refractivity contribution in [3.8, 4) is 5.75 Å². The van der Waals surface area contributed by atoms with Gasteiger partial charge in [-0.05, 0) is 33.6 Å². The molecule has 0 bridgehead atoms. The molecule has 0 radical (unpaired) electrons. The number of rotatable bonds is 4. The Bertz CT molecular complexity index is 546. The van der Waals surface area contributed by atoms with E-state index in [1.54, 1.807) is 13.3 Å². The lowest BCUT2D eigenvalue weighted by Gasteiger charge is -2.06. The molecule has 0 aliphatic heterocycles. The number of nitrogens with zero attached hydrogens (tertiary/aromatic N) is 2. The molecule has 0 fully saturated rings. The minimum Gasteiger partial charge on any atom is -0.497 e. The molecule has 1 aromatic carbocycles. The molecule has 94 valence electrons. The Morgan fingerprint density at radius 2 is 2.22 bits per heavy atom. The minimum absolute atomic E-state index is 0.680. The van der Waals surface area contributed by atoms with Crippen LogP contribution in [-0.4, -0.2) is 24.1 Å². The fourth-order valence-electron chi connectivity index (χ4n) is 1.63. The van der Waals surface area contributed by atoms with Gasteiger partial charge in [0.05, 0.1) is 11.6 Å². The summed E-state index contributed by atoms with van der Waals surface area (Å²) in [5.74, 6) is 2.41. The molecule has 0 saturated heterocycles. The zero-order valence-corrected chi connectivity index (χ0v) is 11.9. The summed E-state index contributed by atoms with van der Waals surface area (Å²) in [6.07, 6.45) is 2.44. The minimum atomic E-state index is 0.680. The van der Waals surface area contributed by atoms with Crippen LogP contribution in [0.5, 0.6) is 5.75 Å². The summed E-state index contributed by atoms with van der Waals surface area (Å²) in [6, 6.07) is 7.91. The first-order valence-electron chi connectivity index (χ1n) is 5.55. The number of hydrogen-bond donors (Lipinski definition) is 1. The number of methoxy groups -OCH3 is 1. The molecule has 5 heteroatoms. The zero-order chi connectivity index (χ0) is 13.0. The van der Waals surface area contributed by atoms with Gasteiger partial charge in [-0.15, -0.1) is 0 Å². The molecular formula is C13H14BrN3O. The highest BCUT2D eigenvalue weighted by Gasteiger charge is 2.05. The third-order valence-corrected chi connectivity index (χ3v) is 3.11. The molecule has 2 aromatic rings. The maximum absolute atomic E-state index is 5.20. The number of halogens is 1. The highest BCUT2D eigenvalue weighted by atomic mass is 79.9. The molecule has 0 saturated carbocycles. The third-order valence-electron chi connectivity index (χ3n) is 2.53. The van der Waals surface area contributed by atoms with Crippen molar-refractivity contribution in [1.82, 2.24) is 9.97 Å². The van der Waals surface area contributed by atoms with Gasteiger partial charge in [0.15, 0.2) is 0 Å². The molecule has 2 rings (SSSR count). The Labute approximate surface area is 115 Å². The van der Waals surface area contributed by atoms with Crippen LogP contribution in [0.2, 0.25) is 0 Å². The Morgan fingerprint density at radius 1 is 1.39 bits per heavy atom. The quantitative estimate of drug-likeness (QED) is 0.943. The summed E-state index contributed by atoms with van der Waals surface area (Å²) in [4.78, 5) is 8.73. The lowest BCUT2D eigenvalue weighted by atomic mass is 10.1. The van der Waals surface area contributed by atoms with E-state index in [1.165, 1.54) is 0 Å². The molecule has 1 aromatic heterocycles. The van der Waals surface area contributed by atoms with Crippen molar-refractivity contribution in [2.24, 2.45) is 0 Å². The van der Waals surface area contributed by atoms with Gasteiger partial charge in [0.25, 0.3) is 0 Å². The summed E-state index contributed by atoms with van der Waals surface area (Å²) in [5, 5.41) is 3.02. The topological polar surface area (TPSA) is 47.0 Å².